The molecular weight excluding hydrogens is 312 g/mol. The zero-order chi connectivity index (χ0) is 17.4. The molecule has 0 unspecified atom stereocenters. The third kappa shape index (κ3) is 2.74. The van der Waals surface area contributed by atoms with Crippen molar-refractivity contribution in [1.29, 1.82) is 0 Å². The lowest BCUT2D eigenvalue weighted by Crippen LogP contribution is -1.99. The number of nitrogen functional groups attached to an aromatic ring is 2. The van der Waals surface area contributed by atoms with Crippen LogP contribution in [0, 0.1) is 6.92 Å². The van der Waals surface area contributed by atoms with Crippen molar-refractivity contribution < 1.29 is 0 Å². The molecule has 0 spiro atoms. The van der Waals surface area contributed by atoms with Gasteiger partial charge in [-0.2, -0.15) is 0 Å². The molecule has 6 nitrogen and oxygen atoms in total. The van der Waals surface area contributed by atoms with Gasteiger partial charge in [-0.3, -0.25) is 4.98 Å². The Morgan fingerprint density at radius 2 is 1.76 bits per heavy atom. The average Bonchev–Trinajstić information content (AvgIpc) is 2.63. The highest BCUT2D eigenvalue weighted by molar-refractivity contribution is 5.86. The van der Waals surface area contributed by atoms with Crippen LogP contribution in [0.1, 0.15) is 5.56 Å². The van der Waals surface area contributed by atoms with Crippen LogP contribution in [0.4, 0.5) is 11.5 Å². The van der Waals surface area contributed by atoms with Crippen LogP contribution in [0.3, 0.4) is 0 Å². The minimum Gasteiger partial charge on any atom is -0.397 e. The molecule has 0 saturated carbocycles. The Bertz CT molecular complexity index is 1090. The van der Waals surface area contributed by atoms with E-state index in [1.54, 1.807) is 18.5 Å². The molecule has 122 valence electrons. The summed E-state index contributed by atoms with van der Waals surface area (Å²) in [7, 11) is 0. The summed E-state index contributed by atoms with van der Waals surface area (Å²) < 4.78 is 0. The fraction of sp³-hybridized carbons (Fsp3) is 0.0526. The Kier molecular flexibility index (Phi) is 3.50. The van der Waals surface area contributed by atoms with Crippen molar-refractivity contribution in [2.45, 2.75) is 6.92 Å². The van der Waals surface area contributed by atoms with Gasteiger partial charge in [0.05, 0.1) is 23.0 Å². The molecule has 1 aromatic carbocycles. The number of nitrogens with zero attached hydrogens (tertiary/aromatic N) is 4. The second-order valence-electron chi connectivity index (χ2n) is 5.86. The van der Waals surface area contributed by atoms with E-state index < -0.39 is 0 Å². The van der Waals surface area contributed by atoms with E-state index in [1.807, 2.05) is 24.4 Å². The van der Waals surface area contributed by atoms with Crippen LogP contribution in [0.5, 0.6) is 0 Å². The number of hydrogen-bond acceptors (Lipinski definition) is 6. The molecule has 25 heavy (non-hydrogen) atoms. The van der Waals surface area contributed by atoms with Gasteiger partial charge in [0.1, 0.15) is 5.82 Å². The van der Waals surface area contributed by atoms with Gasteiger partial charge >= 0.3 is 0 Å². The number of aryl methyl sites for hydroxylation is 1. The Morgan fingerprint density at radius 3 is 2.60 bits per heavy atom. The molecule has 0 fully saturated rings. The van der Waals surface area contributed by atoms with Gasteiger partial charge in [-0.15, -0.1) is 0 Å². The number of fused-ring (bicyclic) bond motifs is 1. The highest BCUT2D eigenvalue weighted by atomic mass is 14.9. The van der Waals surface area contributed by atoms with Gasteiger partial charge in [0.2, 0.25) is 0 Å². The minimum atomic E-state index is 0.358. The summed E-state index contributed by atoms with van der Waals surface area (Å²) in [6, 6.07) is 9.79. The molecule has 0 radical (unpaired) electrons. The first kappa shape index (κ1) is 15.0. The number of nitrogens with two attached hydrogens (primary N) is 2. The van der Waals surface area contributed by atoms with Gasteiger partial charge in [-0.25, -0.2) is 15.0 Å². The zero-order valence-corrected chi connectivity index (χ0v) is 13.6. The van der Waals surface area contributed by atoms with Crippen LogP contribution in [0.15, 0.2) is 55.1 Å². The summed E-state index contributed by atoms with van der Waals surface area (Å²) in [6.07, 6.45) is 6.96. The molecule has 4 rings (SSSR count). The summed E-state index contributed by atoms with van der Waals surface area (Å²) in [5.74, 6) is 0.867. The van der Waals surface area contributed by atoms with E-state index in [4.69, 9.17) is 11.5 Å². The molecule has 0 saturated heterocycles. The van der Waals surface area contributed by atoms with E-state index in [0.29, 0.717) is 22.9 Å². The quantitative estimate of drug-likeness (QED) is 0.585. The molecular formula is C19H16N6. The summed E-state index contributed by atoms with van der Waals surface area (Å²) in [5, 5.41) is 0.944. The number of hydrogen-bond donors (Lipinski definition) is 2. The predicted molar refractivity (Wildman–Crippen MR) is 99.6 cm³/mol. The van der Waals surface area contributed by atoms with Crippen LogP contribution >= 0.6 is 0 Å². The predicted octanol–water partition coefficient (Wildman–Crippen LogP) is 3.23. The van der Waals surface area contributed by atoms with Crippen LogP contribution < -0.4 is 11.5 Å². The fourth-order valence-electron chi connectivity index (χ4n) is 2.77. The smallest absolute Gasteiger partial charge is 0.163 e. The average molecular weight is 328 g/mol. The molecule has 4 aromatic rings. The van der Waals surface area contributed by atoms with Crippen molar-refractivity contribution in [1.82, 2.24) is 19.9 Å². The zero-order valence-electron chi connectivity index (χ0n) is 13.6. The summed E-state index contributed by atoms with van der Waals surface area (Å²) in [6.45, 7) is 2.07. The van der Waals surface area contributed by atoms with Crippen LogP contribution in [0.2, 0.25) is 0 Å². The van der Waals surface area contributed by atoms with Gasteiger partial charge in [0.25, 0.3) is 0 Å². The lowest BCUT2D eigenvalue weighted by Gasteiger charge is -2.08. The van der Waals surface area contributed by atoms with Gasteiger partial charge < -0.3 is 11.5 Å². The van der Waals surface area contributed by atoms with Crippen molar-refractivity contribution in [2.75, 3.05) is 11.5 Å². The Morgan fingerprint density at radius 1 is 0.880 bits per heavy atom. The third-order valence-electron chi connectivity index (χ3n) is 4.11. The molecule has 0 aliphatic carbocycles. The van der Waals surface area contributed by atoms with Crippen molar-refractivity contribution in [2.24, 2.45) is 0 Å². The van der Waals surface area contributed by atoms with E-state index in [9.17, 15) is 0 Å². The molecule has 0 bridgehead atoms. The molecule has 0 aliphatic rings. The van der Waals surface area contributed by atoms with E-state index >= 15 is 0 Å². The molecule has 4 N–H and O–H groups in total. The van der Waals surface area contributed by atoms with Gasteiger partial charge in [0.15, 0.2) is 5.82 Å². The maximum absolute atomic E-state index is 5.93. The first-order valence-electron chi connectivity index (χ1n) is 7.81. The van der Waals surface area contributed by atoms with E-state index in [0.717, 1.165) is 22.0 Å². The highest BCUT2D eigenvalue weighted by Gasteiger charge is 2.10. The van der Waals surface area contributed by atoms with Crippen molar-refractivity contribution in [3.8, 4) is 22.5 Å². The molecule has 0 aliphatic heterocycles. The third-order valence-corrected chi connectivity index (χ3v) is 4.11. The summed E-state index contributed by atoms with van der Waals surface area (Å²) in [5.41, 5.74) is 17.1. The number of rotatable bonds is 2. The Hall–Kier alpha value is -3.54. The van der Waals surface area contributed by atoms with Crippen LogP contribution in [-0.4, -0.2) is 19.9 Å². The number of aromatic nitrogens is 4. The van der Waals surface area contributed by atoms with Gasteiger partial charge in [-0.1, -0.05) is 6.07 Å². The van der Waals surface area contributed by atoms with Crippen LogP contribution in [0.25, 0.3) is 33.4 Å². The van der Waals surface area contributed by atoms with Crippen molar-refractivity contribution in [3.63, 3.8) is 0 Å². The van der Waals surface area contributed by atoms with Gasteiger partial charge in [-0.05, 0) is 42.3 Å². The second-order valence-corrected chi connectivity index (χ2v) is 5.86. The first-order valence-corrected chi connectivity index (χ1v) is 7.81. The largest absolute Gasteiger partial charge is 0.397 e. The molecule has 3 aromatic heterocycles. The van der Waals surface area contributed by atoms with E-state index in [-0.39, 0.29) is 0 Å². The minimum absolute atomic E-state index is 0.358. The summed E-state index contributed by atoms with van der Waals surface area (Å²) in [4.78, 5) is 17.3. The van der Waals surface area contributed by atoms with E-state index in [1.165, 1.54) is 11.8 Å². The monoisotopic (exact) mass is 328 g/mol. The lowest BCUT2D eigenvalue weighted by molar-refractivity contribution is 1.21. The Labute approximate surface area is 144 Å². The number of benzene rings is 1. The topological polar surface area (TPSA) is 104 Å². The van der Waals surface area contributed by atoms with Gasteiger partial charge in [0, 0.05) is 29.5 Å². The van der Waals surface area contributed by atoms with E-state index in [2.05, 4.69) is 32.9 Å². The SMILES string of the molecule is Cc1ccncc1-c1ccc2nc(-c3cc(N)cnc3N)ncc2c1. The number of pyridine rings is 2. The van der Waals surface area contributed by atoms with Crippen LogP contribution in [-0.2, 0) is 0 Å². The summed E-state index contributed by atoms with van der Waals surface area (Å²) >= 11 is 0. The highest BCUT2D eigenvalue weighted by Crippen LogP contribution is 2.28. The second kappa shape index (κ2) is 5.83. The number of anilines is 2. The van der Waals surface area contributed by atoms with Crippen molar-refractivity contribution >= 4 is 22.4 Å². The first-order chi connectivity index (χ1) is 12.1. The fourth-order valence-corrected chi connectivity index (χ4v) is 2.77. The van der Waals surface area contributed by atoms with Crippen molar-refractivity contribution in [3.05, 3.63) is 60.7 Å². The molecule has 0 atom stereocenters. The lowest BCUT2D eigenvalue weighted by atomic mass is 10.0. The molecule has 6 heteroatoms. The Balaban J connectivity index is 1.82. The maximum atomic E-state index is 5.93. The maximum Gasteiger partial charge on any atom is 0.163 e. The molecule has 3 heterocycles. The molecule has 0 amide bonds. The normalized spacial score (nSPS) is 10.9. The standard InChI is InChI=1S/C19H16N6/c1-11-4-5-22-10-16(11)12-2-3-17-13(6-12)8-24-19(25-17)15-7-14(20)9-23-18(15)21/h2-10H,20H2,1H3,(H2,21,23).